The minimum atomic E-state index is -0.468. The van der Waals surface area contributed by atoms with E-state index in [-0.39, 0.29) is 17.1 Å². The van der Waals surface area contributed by atoms with E-state index in [2.05, 4.69) is 18.6 Å². The van der Waals surface area contributed by atoms with Crippen molar-refractivity contribution in [3.05, 3.63) is 25.3 Å². The zero-order valence-corrected chi connectivity index (χ0v) is 9.16. The molecule has 0 fully saturated rings. The second kappa shape index (κ2) is 5.98. The Morgan fingerprint density at radius 3 is 2.40 bits per heavy atom. The van der Waals surface area contributed by atoms with Crippen molar-refractivity contribution < 1.29 is 18.9 Å². The molecule has 0 saturated heterocycles. The highest BCUT2D eigenvalue weighted by Crippen LogP contribution is 1.92. The number of rotatable bonds is 6. The first kappa shape index (κ1) is 13.4. The van der Waals surface area contributed by atoms with Crippen LogP contribution < -0.4 is 5.43 Å². The van der Waals surface area contributed by atoms with E-state index in [1.165, 1.54) is 6.08 Å². The van der Waals surface area contributed by atoms with Crippen LogP contribution in [0.15, 0.2) is 25.3 Å². The van der Waals surface area contributed by atoms with Gasteiger partial charge in [0.05, 0.1) is 14.1 Å². The van der Waals surface area contributed by atoms with E-state index in [1.54, 1.807) is 14.1 Å². The number of esters is 1. The van der Waals surface area contributed by atoms with Crippen LogP contribution in [-0.4, -0.2) is 43.7 Å². The van der Waals surface area contributed by atoms with Crippen molar-refractivity contribution in [2.24, 2.45) is 0 Å². The molecule has 0 aliphatic rings. The summed E-state index contributed by atoms with van der Waals surface area (Å²) in [5.41, 5.74) is 2.66. The summed E-state index contributed by atoms with van der Waals surface area (Å²) >= 11 is 0. The second-order valence-electron chi connectivity index (χ2n) is 3.46. The molecule has 0 saturated carbocycles. The quantitative estimate of drug-likeness (QED) is 0.293. The SMILES string of the molecule is C=CC(=O)N[N+](C)(C)CCOC(=O)C=C. The normalized spacial score (nSPS) is 10.3. The fourth-order valence-corrected chi connectivity index (χ4v) is 0.833. The average Bonchev–Trinajstić information content (AvgIpc) is 2.16. The molecule has 1 amide bonds. The highest BCUT2D eigenvalue weighted by atomic mass is 16.5. The van der Waals surface area contributed by atoms with Crippen LogP contribution in [0.25, 0.3) is 0 Å². The zero-order chi connectivity index (χ0) is 11.9. The van der Waals surface area contributed by atoms with E-state index in [1.807, 2.05) is 0 Å². The Morgan fingerprint density at radius 2 is 1.93 bits per heavy atom. The van der Waals surface area contributed by atoms with Crippen molar-refractivity contribution in [1.29, 1.82) is 0 Å². The molecule has 0 radical (unpaired) electrons. The Kier molecular flexibility index (Phi) is 5.33. The molecule has 1 N–H and O–H groups in total. The van der Waals surface area contributed by atoms with Gasteiger partial charge in [-0.3, -0.25) is 4.79 Å². The van der Waals surface area contributed by atoms with Crippen LogP contribution >= 0.6 is 0 Å². The molecule has 0 aromatic heterocycles. The van der Waals surface area contributed by atoms with Crippen LogP contribution in [0.2, 0.25) is 0 Å². The lowest BCUT2D eigenvalue weighted by atomic mass is 10.5. The van der Waals surface area contributed by atoms with E-state index in [0.29, 0.717) is 6.54 Å². The molecule has 0 aliphatic carbocycles. The van der Waals surface area contributed by atoms with Crippen LogP contribution in [0.4, 0.5) is 0 Å². The fraction of sp³-hybridized carbons (Fsp3) is 0.400. The summed E-state index contributed by atoms with van der Waals surface area (Å²) < 4.78 is 5.01. The van der Waals surface area contributed by atoms with E-state index >= 15 is 0 Å². The van der Waals surface area contributed by atoms with Crippen molar-refractivity contribution in [3.8, 4) is 0 Å². The van der Waals surface area contributed by atoms with Crippen molar-refractivity contribution >= 4 is 11.9 Å². The van der Waals surface area contributed by atoms with E-state index in [9.17, 15) is 9.59 Å². The van der Waals surface area contributed by atoms with Gasteiger partial charge in [-0.05, 0) is 0 Å². The second-order valence-corrected chi connectivity index (χ2v) is 3.46. The highest BCUT2D eigenvalue weighted by molar-refractivity contribution is 5.85. The number of hydrogen-bond donors (Lipinski definition) is 1. The maximum atomic E-state index is 11.0. The van der Waals surface area contributed by atoms with Gasteiger partial charge in [0.15, 0.2) is 0 Å². The van der Waals surface area contributed by atoms with Crippen LogP contribution in [0.3, 0.4) is 0 Å². The molecule has 84 valence electrons. The van der Waals surface area contributed by atoms with E-state index < -0.39 is 5.97 Å². The first-order valence-electron chi connectivity index (χ1n) is 4.48. The van der Waals surface area contributed by atoms with Gasteiger partial charge in [-0.25, -0.2) is 9.39 Å². The van der Waals surface area contributed by atoms with Gasteiger partial charge >= 0.3 is 5.97 Å². The third kappa shape index (κ3) is 6.45. The number of nitrogens with one attached hydrogen (secondary N) is 1. The number of ether oxygens (including phenoxy) is 1. The summed E-state index contributed by atoms with van der Waals surface area (Å²) in [4.78, 5) is 21.7. The third-order valence-corrected chi connectivity index (χ3v) is 1.66. The van der Waals surface area contributed by atoms with Crippen LogP contribution in [0.1, 0.15) is 0 Å². The smallest absolute Gasteiger partial charge is 0.330 e. The lowest BCUT2D eigenvalue weighted by Gasteiger charge is -2.27. The van der Waals surface area contributed by atoms with Gasteiger partial charge in [0.2, 0.25) is 0 Å². The number of likely N-dealkylation sites (N-methyl/N-ethyl adjacent to an activating group) is 1. The maximum absolute atomic E-state index is 11.0. The number of amides is 1. The van der Waals surface area contributed by atoms with Gasteiger partial charge in [-0.15, -0.1) is 0 Å². The predicted octanol–water partition coefficient (Wildman–Crippen LogP) is 0.00920. The molecule has 15 heavy (non-hydrogen) atoms. The summed E-state index contributed by atoms with van der Waals surface area (Å²) in [6.07, 6.45) is 2.29. The summed E-state index contributed by atoms with van der Waals surface area (Å²) in [7, 11) is 3.56. The monoisotopic (exact) mass is 213 g/mol. The molecule has 5 heteroatoms. The first-order valence-corrected chi connectivity index (χ1v) is 4.48. The van der Waals surface area contributed by atoms with Crippen LogP contribution in [0.5, 0.6) is 0 Å². The molecule has 0 atom stereocenters. The largest absolute Gasteiger partial charge is 0.456 e. The van der Waals surface area contributed by atoms with Gasteiger partial charge < -0.3 is 4.74 Å². The molecule has 0 heterocycles. The van der Waals surface area contributed by atoms with Crippen molar-refractivity contribution in [2.75, 3.05) is 27.2 Å². The number of carbonyl (C=O) groups is 2. The Labute approximate surface area is 89.6 Å². The fourth-order valence-electron chi connectivity index (χ4n) is 0.833. The summed E-state index contributed by atoms with van der Waals surface area (Å²) in [6, 6.07) is 0. The summed E-state index contributed by atoms with van der Waals surface area (Å²) in [6.45, 7) is 7.31. The van der Waals surface area contributed by atoms with Crippen LogP contribution in [0, 0.1) is 0 Å². The molecule has 0 aromatic carbocycles. The lowest BCUT2D eigenvalue weighted by molar-refractivity contribution is -0.925. The molecular weight excluding hydrogens is 196 g/mol. The first-order chi connectivity index (χ1) is 6.91. The number of quaternary nitrogens is 1. The molecular formula is C10H17N2O3+. The van der Waals surface area contributed by atoms with Gasteiger partial charge in [0.1, 0.15) is 13.2 Å². The van der Waals surface area contributed by atoms with Gasteiger partial charge in [-0.1, -0.05) is 13.2 Å². The maximum Gasteiger partial charge on any atom is 0.330 e. The number of nitrogens with zero attached hydrogens (tertiary/aromatic N) is 1. The molecule has 0 rings (SSSR count). The minimum absolute atomic E-state index is 0.218. The Hall–Kier alpha value is -1.62. The molecule has 0 bridgehead atoms. The Balaban J connectivity index is 3.93. The topological polar surface area (TPSA) is 55.4 Å². The van der Waals surface area contributed by atoms with E-state index in [0.717, 1.165) is 6.08 Å². The Morgan fingerprint density at radius 1 is 1.33 bits per heavy atom. The standard InChI is InChI=1S/C10H16N2O3/c1-5-9(13)11-12(3,4)7-8-15-10(14)6-2/h5-6H,1-2,7-8H2,3-4H3/p+1. The molecule has 5 nitrogen and oxygen atoms in total. The van der Waals surface area contributed by atoms with E-state index in [4.69, 9.17) is 4.74 Å². The zero-order valence-electron chi connectivity index (χ0n) is 9.16. The van der Waals surface area contributed by atoms with Crippen molar-refractivity contribution in [1.82, 2.24) is 5.43 Å². The third-order valence-electron chi connectivity index (χ3n) is 1.66. The molecule has 0 aromatic rings. The molecule has 0 unspecified atom stereocenters. The predicted molar refractivity (Wildman–Crippen MR) is 56.5 cm³/mol. The molecule has 0 spiro atoms. The van der Waals surface area contributed by atoms with Crippen molar-refractivity contribution in [2.45, 2.75) is 0 Å². The Bertz CT molecular complexity index is 272. The summed E-state index contributed by atoms with van der Waals surface area (Å²) in [5, 5.41) is 0. The average molecular weight is 213 g/mol. The number of carbonyl (C=O) groups excluding carboxylic acids is 2. The summed E-state index contributed by atoms with van der Waals surface area (Å²) in [5.74, 6) is -0.736. The molecule has 0 aliphatic heterocycles. The van der Waals surface area contributed by atoms with Crippen LogP contribution in [-0.2, 0) is 14.3 Å². The van der Waals surface area contributed by atoms with Crippen molar-refractivity contribution in [3.63, 3.8) is 0 Å². The minimum Gasteiger partial charge on any atom is -0.456 e. The highest BCUT2D eigenvalue weighted by Gasteiger charge is 2.17. The van der Waals surface area contributed by atoms with Gasteiger partial charge in [-0.2, -0.15) is 5.43 Å². The lowest BCUT2D eigenvalue weighted by Crippen LogP contribution is -2.55. The van der Waals surface area contributed by atoms with Gasteiger partial charge in [0, 0.05) is 12.2 Å². The van der Waals surface area contributed by atoms with Gasteiger partial charge in [0.25, 0.3) is 5.91 Å². The number of hydrogen-bond acceptors (Lipinski definition) is 3.